The lowest BCUT2D eigenvalue weighted by molar-refractivity contribution is -0.384. The number of nitro groups is 1. The molecular weight excluding hydrogens is 448 g/mol. The predicted octanol–water partition coefficient (Wildman–Crippen LogP) is 5.01. The number of Topliss-reactive ketones (excluding diaryl/α,β-unsaturated/α-hetero) is 1. The molecule has 0 bridgehead atoms. The molecule has 1 aromatic heterocycles. The molecule has 0 radical (unpaired) electrons. The number of allylic oxidation sites excluding steroid dienone is 1. The van der Waals surface area contributed by atoms with Crippen LogP contribution in [-0.4, -0.2) is 25.9 Å². The molecule has 0 unspecified atom stereocenters. The number of rotatable bonds is 7. The highest BCUT2D eigenvalue weighted by molar-refractivity contribution is 8.19. The van der Waals surface area contributed by atoms with Gasteiger partial charge in [0, 0.05) is 17.7 Å². The first-order valence-corrected chi connectivity index (χ1v) is 11.4. The van der Waals surface area contributed by atoms with Crippen molar-refractivity contribution in [3.8, 4) is 5.75 Å². The van der Waals surface area contributed by atoms with Crippen molar-refractivity contribution in [3.63, 3.8) is 0 Å². The maximum atomic E-state index is 13.0. The molecule has 32 heavy (non-hydrogen) atoms. The normalized spacial score (nSPS) is 17.2. The molecule has 3 aromatic rings. The number of para-hydroxylation sites is 1. The fraction of sp³-hybridized carbons (Fsp3) is 0.182. The summed E-state index contributed by atoms with van der Waals surface area (Å²) < 4.78 is 5.92. The number of aromatic nitrogens is 2. The van der Waals surface area contributed by atoms with Crippen LogP contribution in [0.2, 0.25) is 0 Å². The number of carbonyl (C=O) groups is 1. The molecule has 0 saturated carbocycles. The molecule has 0 spiro atoms. The highest BCUT2D eigenvalue weighted by Crippen LogP contribution is 2.42. The largest absolute Gasteiger partial charge is 0.488 e. The van der Waals surface area contributed by atoms with E-state index in [0.717, 1.165) is 28.8 Å². The number of hydrogen-bond donors (Lipinski definition) is 1. The van der Waals surface area contributed by atoms with Crippen LogP contribution in [0, 0.1) is 15.5 Å². The molecule has 1 N–H and O–H groups in total. The van der Waals surface area contributed by atoms with Gasteiger partial charge in [-0.3, -0.25) is 20.3 Å². The minimum absolute atomic E-state index is 0.0224. The Morgan fingerprint density at radius 2 is 1.94 bits per heavy atom. The molecule has 2 aromatic carbocycles. The molecular formula is C22H18N4O4S2. The molecule has 0 aliphatic carbocycles. The molecule has 1 aliphatic rings. The minimum atomic E-state index is -0.697. The number of ketones is 1. The number of nitrogens with one attached hydrogen (secondary N) is 1. The average Bonchev–Trinajstić information content (AvgIpc) is 3.37. The van der Waals surface area contributed by atoms with Gasteiger partial charge in [-0.05, 0) is 36.3 Å². The fourth-order valence-corrected chi connectivity index (χ4v) is 5.03. The van der Waals surface area contributed by atoms with Gasteiger partial charge in [0.15, 0.2) is 5.78 Å². The number of thioether (sulfide) groups is 1. The van der Waals surface area contributed by atoms with Crippen LogP contribution in [-0.2, 0) is 17.8 Å². The quantitative estimate of drug-likeness (QED) is 0.295. The van der Waals surface area contributed by atoms with Crippen LogP contribution in [0.5, 0.6) is 5.75 Å². The highest BCUT2D eigenvalue weighted by atomic mass is 32.2. The molecule has 1 fully saturated rings. The standard InChI is InChI=1S/C22H18N4O4S2/c1-2-18-24-25-22(32-18)19-20(27)17(31-21(19)23)11-14-5-3-4-6-16(14)30-12-13-7-9-15(10-8-13)26(28)29/h3-11,19,23H,2,12H2,1H3/b17-11-,23-21?/t19-/m0/s1. The highest BCUT2D eigenvalue weighted by Gasteiger charge is 2.39. The first-order valence-electron chi connectivity index (χ1n) is 9.76. The molecule has 0 amide bonds. The van der Waals surface area contributed by atoms with Crippen molar-refractivity contribution in [2.45, 2.75) is 25.9 Å². The molecule has 10 heteroatoms. The van der Waals surface area contributed by atoms with Gasteiger partial charge in [0.1, 0.15) is 28.3 Å². The Bertz CT molecular complexity index is 1220. The first-order chi connectivity index (χ1) is 15.5. The third-order valence-corrected chi connectivity index (χ3v) is 6.89. The zero-order valence-electron chi connectivity index (χ0n) is 17.0. The second-order valence-electron chi connectivity index (χ2n) is 6.91. The molecule has 1 saturated heterocycles. The Morgan fingerprint density at radius 1 is 1.19 bits per heavy atom. The van der Waals surface area contributed by atoms with Gasteiger partial charge in [0.2, 0.25) is 0 Å². The van der Waals surface area contributed by atoms with E-state index >= 15 is 0 Å². The van der Waals surface area contributed by atoms with E-state index < -0.39 is 10.8 Å². The van der Waals surface area contributed by atoms with E-state index in [9.17, 15) is 14.9 Å². The van der Waals surface area contributed by atoms with Crippen molar-refractivity contribution in [1.82, 2.24) is 10.2 Å². The van der Waals surface area contributed by atoms with E-state index in [1.807, 2.05) is 25.1 Å². The third-order valence-electron chi connectivity index (χ3n) is 4.77. The molecule has 4 rings (SSSR count). The molecule has 1 aliphatic heterocycles. The number of hydrogen-bond acceptors (Lipinski definition) is 9. The van der Waals surface area contributed by atoms with Crippen molar-refractivity contribution in [2.24, 2.45) is 0 Å². The summed E-state index contributed by atoms with van der Waals surface area (Å²) in [4.78, 5) is 23.8. The average molecular weight is 467 g/mol. The number of nitro benzene ring substituents is 1. The van der Waals surface area contributed by atoms with Crippen LogP contribution in [0.15, 0.2) is 53.4 Å². The Balaban J connectivity index is 1.52. The van der Waals surface area contributed by atoms with E-state index in [0.29, 0.717) is 21.2 Å². The maximum absolute atomic E-state index is 13.0. The third kappa shape index (κ3) is 4.61. The Morgan fingerprint density at radius 3 is 2.62 bits per heavy atom. The van der Waals surface area contributed by atoms with Gasteiger partial charge >= 0.3 is 0 Å². The lowest BCUT2D eigenvalue weighted by atomic mass is 10.0. The summed E-state index contributed by atoms with van der Waals surface area (Å²) in [6.45, 7) is 2.20. The van der Waals surface area contributed by atoms with Gasteiger partial charge in [-0.2, -0.15) is 0 Å². The van der Waals surface area contributed by atoms with Crippen LogP contribution in [0.25, 0.3) is 6.08 Å². The van der Waals surface area contributed by atoms with Crippen LogP contribution >= 0.6 is 23.1 Å². The van der Waals surface area contributed by atoms with E-state index in [2.05, 4.69) is 10.2 Å². The Labute approximate surface area is 192 Å². The molecule has 2 heterocycles. The van der Waals surface area contributed by atoms with Gasteiger partial charge in [0.25, 0.3) is 5.69 Å². The maximum Gasteiger partial charge on any atom is 0.269 e. The van der Waals surface area contributed by atoms with Crippen molar-refractivity contribution >= 4 is 45.7 Å². The summed E-state index contributed by atoms with van der Waals surface area (Å²) in [7, 11) is 0. The number of ether oxygens (including phenoxy) is 1. The van der Waals surface area contributed by atoms with E-state index in [-0.39, 0.29) is 23.1 Å². The smallest absolute Gasteiger partial charge is 0.269 e. The van der Waals surface area contributed by atoms with Crippen molar-refractivity contribution in [3.05, 3.63) is 84.7 Å². The number of aryl methyl sites for hydroxylation is 1. The topological polar surface area (TPSA) is 119 Å². The first kappa shape index (κ1) is 21.8. The Hall–Kier alpha value is -3.37. The summed E-state index contributed by atoms with van der Waals surface area (Å²) in [6, 6.07) is 13.5. The van der Waals surface area contributed by atoms with Crippen LogP contribution < -0.4 is 4.74 Å². The van der Waals surface area contributed by atoms with E-state index in [1.54, 1.807) is 24.3 Å². The number of benzene rings is 2. The second kappa shape index (κ2) is 9.41. The fourth-order valence-electron chi connectivity index (χ4n) is 3.09. The number of carbonyl (C=O) groups excluding carboxylic acids is 1. The van der Waals surface area contributed by atoms with Gasteiger partial charge in [-0.25, -0.2) is 0 Å². The van der Waals surface area contributed by atoms with Gasteiger partial charge < -0.3 is 4.74 Å². The van der Waals surface area contributed by atoms with Crippen molar-refractivity contribution < 1.29 is 14.5 Å². The Kier molecular flexibility index (Phi) is 6.42. The van der Waals surface area contributed by atoms with Gasteiger partial charge in [-0.15, -0.1) is 21.5 Å². The van der Waals surface area contributed by atoms with E-state index in [4.69, 9.17) is 10.1 Å². The van der Waals surface area contributed by atoms with Crippen molar-refractivity contribution in [1.29, 1.82) is 5.41 Å². The van der Waals surface area contributed by atoms with Gasteiger partial charge in [-0.1, -0.05) is 36.9 Å². The summed E-state index contributed by atoms with van der Waals surface area (Å²) in [5.74, 6) is -0.285. The molecule has 1 atom stereocenters. The molecule has 162 valence electrons. The molecule has 8 nitrogen and oxygen atoms in total. The zero-order chi connectivity index (χ0) is 22.7. The monoisotopic (exact) mass is 466 g/mol. The predicted molar refractivity (Wildman–Crippen MR) is 124 cm³/mol. The summed E-state index contributed by atoms with van der Waals surface area (Å²) in [6.07, 6.45) is 2.47. The lowest BCUT2D eigenvalue weighted by Gasteiger charge is -2.09. The van der Waals surface area contributed by atoms with Crippen LogP contribution in [0.1, 0.15) is 34.0 Å². The number of non-ortho nitro benzene ring substituents is 1. The van der Waals surface area contributed by atoms with E-state index in [1.165, 1.54) is 23.5 Å². The minimum Gasteiger partial charge on any atom is -0.488 e. The SMILES string of the molecule is CCc1nnc([C@@H]2C(=N)S/C(=C\c3ccccc3OCc3ccc([N+](=O)[O-])cc3)C2=O)s1. The summed E-state index contributed by atoms with van der Waals surface area (Å²) in [5.41, 5.74) is 1.52. The second-order valence-corrected chi connectivity index (χ2v) is 9.09. The van der Waals surface area contributed by atoms with Crippen molar-refractivity contribution in [2.75, 3.05) is 0 Å². The summed E-state index contributed by atoms with van der Waals surface area (Å²) in [5, 5.41) is 28.9. The number of nitrogens with zero attached hydrogens (tertiary/aromatic N) is 3. The van der Waals surface area contributed by atoms with Gasteiger partial charge in [0.05, 0.1) is 14.9 Å². The lowest BCUT2D eigenvalue weighted by Crippen LogP contribution is -2.11. The van der Waals surface area contributed by atoms with Crippen LogP contribution in [0.4, 0.5) is 5.69 Å². The summed E-state index contributed by atoms with van der Waals surface area (Å²) >= 11 is 2.50. The van der Waals surface area contributed by atoms with Crippen LogP contribution in [0.3, 0.4) is 0 Å². The zero-order valence-corrected chi connectivity index (χ0v) is 18.6.